The van der Waals surface area contributed by atoms with Gasteiger partial charge in [0.25, 0.3) is 0 Å². The quantitative estimate of drug-likeness (QED) is 0.809. The lowest BCUT2D eigenvalue weighted by molar-refractivity contribution is 0.237. The normalized spacial score (nSPS) is 19.8. The van der Waals surface area contributed by atoms with Gasteiger partial charge in [-0.15, -0.1) is 11.3 Å². The molecule has 4 rings (SSSR count). The third-order valence-corrected chi connectivity index (χ3v) is 5.07. The minimum atomic E-state index is 0.405. The van der Waals surface area contributed by atoms with Crippen molar-refractivity contribution in [3.05, 3.63) is 40.7 Å². The monoisotopic (exact) mass is 301 g/mol. The van der Waals surface area contributed by atoms with Gasteiger partial charge in [0.05, 0.1) is 17.4 Å². The highest BCUT2D eigenvalue weighted by Crippen LogP contribution is 2.32. The second-order valence-electron chi connectivity index (χ2n) is 5.78. The standard InChI is InChI=1S/C15H19N5S/c1-10-8-16-14(17-10)12-4-3-5-19(12)9-13-11(2)18-15-20(13)6-7-21-15/h6-8,12H,3-5,9H2,1-2H3,(H,16,17). The first kappa shape index (κ1) is 13.0. The summed E-state index contributed by atoms with van der Waals surface area (Å²) >= 11 is 1.70. The molecule has 6 heteroatoms. The fourth-order valence-electron chi connectivity index (χ4n) is 3.25. The molecule has 0 spiro atoms. The lowest BCUT2D eigenvalue weighted by Gasteiger charge is -2.22. The van der Waals surface area contributed by atoms with Crippen molar-refractivity contribution in [1.29, 1.82) is 0 Å². The average molecular weight is 301 g/mol. The second kappa shape index (κ2) is 4.96. The van der Waals surface area contributed by atoms with E-state index in [2.05, 4.69) is 49.7 Å². The van der Waals surface area contributed by atoms with Crippen LogP contribution >= 0.6 is 11.3 Å². The Balaban J connectivity index is 1.63. The summed E-state index contributed by atoms with van der Waals surface area (Å²) < 4.78 is 2.22. The van der Waals surface area contributed by atoms with E-state index in [4.69, 9.17) is 0 Å². The summed E-state index contributed by atoms with van der Waals surface area (Å²) in [6.45, 7) is 6.23. The zero-order chi connectivity index (χ0) is 14.4. The smallest absolute Gasteiger partial charge is 0.194 e. The van der Waals surface area contributed by atoms with Crippen molar-refractivity contribution in [2.45, 2.75) is 39.3 Å². The number of hydrogen-bond donors (Lipinski definition) is 1. The Morgan fingerprint density at radius 1 is 1.43 bits per heavy atom. The maximum atomic E-state index is 4.65. The average Bonchev–Trinajstić information content (AvgIpc) is 3.17. The third-order valence-electron chi connectivity index (χ3n) is 4.32. The predicted molar refractivity (Wildman–Crippen MR) is 83.5 cm³/mol. The molecule has 0 saturated carbocycles. The molecule has 1 aliphatic rings. The van der Waals surface area contributed by atoms with Crippen LogP contribution in [0.15, 0.2) is 17.8 Å². The zero-order valence-corrected chi connectivity index (χ0v) is 13.2. The molecule has 5 nitrogen and oxygen atoms in total. The number of H-pyrrole nitrogens is 1. The van der Waals surface area contributed by atoms with Crippen LogP contribution in [-0.2, 0) is 6.54 Å². The van der Waals surface area contributed by atoms with Gasteiger partial charge in [0.1, 0.15) is 5.82 Å². The molecule has 1 unspecified atom stereocenters. The fourth-order valence-corrected chi connectivity index (χ4v) is 4.03. The molecule has 1 fully saturated rings. The predicted octanol–water partition coefficient (Wildman–Crippen LogP) is 3.07. The molecule has 3 aromatic rings. The molecule has 1 N–H and O–H groups in total. The molecular weight excluding hydrogens is 282 g/mol. The molecule has 0 bridgehead atoms. The largest absolute Gasteiger partial charge is 0.345 e. The van der Waals surface area contributed by atoms with E-state index in [0.29, 0.717) is 6.04 Å². The van der Waals surface area contributed by atoms with Crippen molar-refractivity contribution in [2.75, 3.05) is 6.54 Å². The Kier molecular flexibility index (Phi) is 3.08. The zero-order valence-electron chi connectivity index (χ0n) is 12.3. The van der Waals surface area contributed by atoms with Gasteiger partial charge in [-0.3, -0.25) is 9.30 Å². The number of aromatic amines is 1. The molecule has 0 radical (unpaired) electrons. The second-order valence-corrected chi connectivity index (χ2v) is 6.65. The maximum Gasteiger partial charge on any atom is 0.194 e. The molecule has 0 aliphatic carbocycles. The minimum absolute atomic E-state index is 0.405. The van der Waals surface area contributed by atoms with Gasteiger partial charge >= 0.3 is 0 Å². The summed E-state index contributed by atoms with van der Waals surface area (Å²) in [6, 6.07) is 0.405. The van der Waals surface area contributed by atoms with Crippen molar-refractivity contribution in [3.8, 4) is 0 Å². The van der Waals surface area contributed by atoms with Crippen molar-refractivity contribution >= 4 is 16.3 Å². The highest BCUT2D eigenvalue weighted by Gasteiger charge is 2.29. The van der Waals surface area contributed by atoms with Gasteiger partial charge in [-0.25, -0.2) is 9.97 Å². The molecule has 3 aromatic heterocycles. The Hall–Kier alpha value is -1.66. The van der Waals surface area contributed by atoms with Crippen LogP contribution in [0.4, 0.5) is 0 Å². The van der Waals surface area contributed by atoms with Gasteiger partial charge in [-0.2, -0.15) is 0 Å². The van der Waals surface area contributed by atoms with Crippen LogP contribution in [0.25, 0.3) is 4.96 Å². The topological polar surface area (TPSA) is 49.2 Å². The van der Waals surface area contributed by atoms with Gasteiger partial charge < -0.3 is 4.98 Å². The van der Waals surface area contributed by atoms with Gasteiger partial charge in [0, 0.05) is 30.0 Å². The summed E-state index contributed by atoms with van der Waals surface area (Å²) in [5.41, 5.74) is 3.59. The molecule has 0 aromatic carbocycles. The Morgan fingerprint density at radius 3 is 3.14 bits per heavy atom. The molecule has 110 valence electrons. The number of imidazole rings is 2. The molecule has 1 aliphatic heterocycles. The van der Waals surface area contributed by atoms with Gasteiger partial charge in [-0.1, -0.05) is 0 Å². The van der Waals surface area contributed by atoms with E-state index in [0.717, 1.165) is 35.3 Å². The first-order valence-corrected chi connectivity index (χ1v) is 8.27. The van der Waals surface area contributed by atoms with E-state index < -0.39 is 0 Å². The summed E-state index contributed by atoms with van der Waals surface area (Å²) in [6.07, 6.45) is 6.46. The number of aryl methyl sites for hydroxylation is 2. The van der Waals surface area contributed by atoms with E-state index in [1.54, 1.807) is 11.3 Å². The number of rotatable bonds is 3. The number of thiazole rings is 1. The van der Waals surface area contributed by atoms with Crippen molar-refractivity contribution in [3.63, 3.8) is 0 Å². The lowest BCUT2D eigenvalue weighted by Crippen LogP contribution is -2.24. The number of aromatic nitrogens is 4. The summed E-state index contributed by atoms with van der Waals surface area (Å²) in [5.74, 6) is 1.11. The van der Waals surface area contributed by atoms with Crippen LogP contribution in [0.2, 0.25) is 0 Å². The van der Waals surface area contributed by atoms with Crippen LogP contribution in [0.1, 0.15) is 41.8 Å². The van der Waals surface area contributed by atoms with Gasteiger partial charge in [0.15, 0.2) is 4.96 Å². The highest BCUT2D eigenvalue weighted by atomic mass is 32.1. The van der Waals surface area contributed by atoms with Gasteiger partial charge in [0.2, 0.25) is 0 Å². The first-order chi connectivity index (χ1) is 10.2. The minimum Gasteiger partial charge on any atom is -0.345 e. The summed E-state index contributed by atoms with van der Waals surface area (Å²) in [5, 5.41) is 2.10. The van der Waals surface area contributed by atoms with Crippen LogP contribution in [0.3, 0.4) is 0 Å². The van der Waals surface area contributed by atoms with Crippen molar-refractivity contribution in [2.24, 2.45) is 0 Å². The van der Waals surface area contributed by atoms with E-state index in [1.807, 2.05) is 6.20 Å². The molecular formula is C15H19N5S. The van der Waals surface area contributed by atoms with Crippen molar-refractivity contribution < 1.29 is 0 Å². The van der Waals surface area contributed by atoms with Gasteiger partial charge in [-0.05, 0) is 33.2 Å². The van der Waals surface area contributed by atoms with Crippen LogP contribution in [0.5, 0.6) is 0 Å². The molecule has 4 heterocycles. The Bertz CT molecular complexity index is 768. The SMILES string of the molecule is Cc1cnc(C2CCCN2Cc2c(C)nc3sccn23)[nH]1. The molecule has 21 heavy (non-hydrogen) atoms. The maximum absolute atomic E-state index is 4.65. The number of fused-ring (bicyclic) bond motifs is 1. The van der Waals surface area contributed by atoms with E-state index in [-0.39, 0.29) is 0 Å². The highest BCUT2D eigenvalue weighted by molar-refractivity contribution is 7.15. The number of nitrogens with one attached hydrogen (secondary N) is 1. The Labute approximate surface area is 127 Å². The van der Waals surface area contributed by atoms with Crippen LogP contribution < -0.4 is 0 Å². The number of likely N-dealkylation sites (tertiary alicyclic amines) is 1. The molecule has 1 atom stereocenters. The van der Waals surface area contributed by atoms with E-state index in [9.17, 15) is 0 Å². The fraction of sp³-hybridized carbons (Fsp3) is 0.467. The molecule has 0 amide bonds. The lowest BCUT2D eigenvalue weighted by atomic mass is 10.2. The molecule has 1 saturated heterocycles. The summed E-state index contributed by atoms with van der Waals surface area (Å²) in [4.78, 5) is 16.2. The van der Waals surface area contributed by atoms with E-state index in [1.165, 1.54) is 18.5 Å². The first-order valence-electron chi connectivity index (χ1n) is 7.39. The summed E-state index contributed by atoms with van der Waals surface area (Å²) in [7, 11) is 0. The number of nitrogens with zero attached hydrogens (tertiary/aromatic N) is 4. The number of hydrogen-bond acceptors (Lipinski definition) is 4. The van der Waals surface area contributed by atoms with Crippen LogP contribution in [0, 0.1) is 13.8 Å². The van der Waals surface area contributed by atoms with Crippen molar-refractivity contribution in [1.82, 2.24) is 24.3 Å². The Morgan fingerprint density at radius 2 is 2.33 bits per heavy atom. The van der Waals surface area contributed by atoms with Crippen LogP contribution in [-0.4, -0.2) is 30.8 Å². The van der Waals surface area contributed by atoms with E-state index >= 15 is 0 Å². The third kappa shape index (κ3) is 2.18.